The topological polar surface area (TPSA) is 21.3 Å². The highest BCUT2D eigenvalue weighted by Crippen LogP contribution is 2.40. The molecule has 1 unspecified atom stereocenters. The molecule has 0 radical (unpaired) electrons. The molecule has 0 aliphatic carbocycles. The third kappa shape index (κ3) is 2.41. The zero-order valence-electron chi connectivity index (χ0n) is 11.7. The van der Waals surface area contributed by atoms with Crippen molar-refractivity contribution >= 4 is 5.69 Å². The average Bonchev–Trinajstić information content (AvgIpc) is 2.57. The maximum absolute atomic E-state index is 6.00. The molecule has 0 bridgehead atoms. The molecule has 0 spiro atoms. The van der Waals surface area contributed by atoms with Gasteiger partial charge in [-0.2, -0.15) is 0 Å². The molecular formula is C15H23NO. The van der Waals surface area contributed by atoms with Crippen molar-refractivity contribution < 1.29 is 4.74 Å². The van der Waals surface area contributed by atoms with Gasteiger partial charge in [-0.1, -0.05) is 47.6 Å². The van der Waals surface area contributed by atoms with E-state index in [0.29, 0.717) is 0 Å². The summed E-state index contributed by atoms with van der Waals surface area (Å²) in [6.45, 7) is 13.2. The smallest absolute Gasteiger partial charge is 0.175 e. The lowest BCUT2D eigenvalue weighted by Crippen LogP contribution is -2.35. The molecule has 0 amide bonds. The first-order valence-electron chi connectivity index (χ1n) is 6.26. The molecule has 2 nitrogen and oxygen atoms in total. The molecule has 1 aromatic rings. The standard InChI is InChI=1S/C15H23NO/c1-14(2,3)10-7-8-11-12(9-10)17-13(16-11)15(4,5)6/h7-9,13,16H,1-6H3. The lowest BCUT2D eigenvalue weighted by atomic mass is 9.87. The third-order valence-corrected chi connectivity index (χ3v) is 3.17. The van der Waals surface area contributed by atoms with E-state index < -0.39 is 0 Å². The minimum atomic E-state index is 0.0627. The van der Waals surface area contributed by atoms with E-state index in [1.165, 1.54) is 5.56 Å². The summed E-state index contributed by atoms with van der Waals surface area (Å²) in [4.78, 5) is 0. The number of rotatable bonds is 0. The Morgan fingerprint density at radius 3 is 2.24 bits per heavy atom. The number of benzene rings is 1. The first-order valence-corrected chi connectivity index (χ1v) is 6.26. The number of fused-ring (bicyclic) bond motifs is 1. The van der Waals surface area contributed by atoms with Gasteiger partial charge < -0.3 is 10.1 Å². The van der Waals surface area contributed by atoms with Gasteiger partial charge in [0.05, 0.1) is 5.69 Å². The zero-order chi connectivity index (χ0) is 12.8. The van der Waals surface area contributed by atoms with Crippen LogP contribution in [0, 0.1) is 5.41 Å². The fourth-order valence-corrected chi connectivity index (χ4v) is 1.90. The maximum atomic E-state index is 6.00. The second-order valence-corrected chi connectivity index (χ2v) is 6.97. The minimum absolute atomic E-state index is 0.0627. The van der Waals surface area contributed by atoms with Crippen LogP contribution in [-0.2, 0) is 5.41 Å². The number of ether oxygens (including phenoxy) is 1. The minimum Gasteiger partial charge on any atom is -0.468 e. The molecule has 1 heterocycles. The Morgan fingerprint density at radius 2 is 1.71 bits per heavy atom. The lowest BCUT2D eigenvalue weighted by Gasteiger charge is -2.26. The van der Waals surface area contributed by atoms with E-state index in [4.69, 9.17) is 4.74 Å². The van der Waals surface area contributed by atoms with Gasteiger partial charge in [0.2, 0.25) is 0 Å². The number of nitrogens with one attached hydrogen (secondary N) is 1. The molecule has 0 aromatic heterocycles. The van der Waals surface area contributed by atoms with Crippen molar-refractivity contribution in [2.75, 3.05) is 5.32 Å². The number of hydrogen-bond donors (Lipinski definition) is 1. The van der Waals surface area contributed by atoms with Crippen molar-refractivity contribution in [1.82, 2.24) is 0 Å². The highest BCUT2D eigenvalue weighted by Gasteiger charge is 2.32. The highest BCUT2D eigenvalue weighted by molar-refractivity contribution is 5.62. The summed E-state index contributed by atoms with van der Waals surface area (Å²) in [7, 11) is 0. The molecule has 1 atom stereocenters. The normalized spacial score (nSPS) is 19.5. The summed E-state index contributed by atoms with van der Waals surface area (Å²) >= 11 is 0. The molecule has 2 rings (SSSR count). The molecule has 94 valence electrons. The summed E-state index contributed by atoms with van der Waals surface area (Å²) < 4.78 is 6.00. The van der Waals surface area contributed by atoms with Crippen LogP contribution in [0.25, 0.3) is 0 Å². The molecule has 1 N–H and O–H groups in total. The third-order valence-electron chi connectivity index (χ3n) is 3.17. The van der Waals surface area contributed by atoms with Gasteiger partial charge in [0.1, 0.15) is 5.75 Å². The molecule has 17 heavy (non-hydrogen) atoms. The van der Waals surface area contributed by atoms with E-state index in [0.717, 1.165) is 11.4 Å². The molecule has 0 fully saturated rings. The lowest BCUT2D eigenvalue weighted by molar-refractivity contribution is 0.127. The molecule has 0 saturated carbocycles. The van der Waals surface area contributed by atoms with Gasteiger partial charge in [0.25, 0.3) is 0 Å². The maximum Gasteiger partial charge on any atom is 0.175 e. The SMILES string of the molecule is CC(C)(C)c1ccc2c(c1)OC(C(C)(C)C)N2. The van der Waals surface area contributed by atoms with Gasteiger partial charge in [0, 0.05) is 5.41 Å². The zero-order valence-corrected chi connectivity index (χ0v) is 11.7. The Labute approximate surface area is 104 Å². The Kier molecular flexibility index (Phi) is 2.64. The number of anilines is 1. The molecular weight excluding hydrogens is 210 g/mol. The van der Waals surface area contributed by atoms with Crippen molar-refractivity contribution in [2.24, 2.45) is 5.41 Å². The second kappa shape index (κ2) is 3.66. The van der Waals surface area contributed by atoms with Crippen LogP contribution in [0.5, 0.6) is 5.75 Å². The van der Waals surface area contributed by atoms with Gasteiger partial charge in [-0.05, 0) is 23.1 Å². The van der Waals surface area contributed by atoms with Crippen molar-refractivity contribution in [2.45, 2.75) is 53.2 Å². The Morgan fingerprint density at radius 1 is 1.06 bits per heavy atom. The van der Waals surface area contributed by atoms with E-state index in [2.05, 4.69) is 65.1 Å². The summed E-state index contributed by atoms with van der Waals surface area (Å²) in [6.07, 6.45) is 0.0627. The van der Waals surface area contributed by atoms with E-state index in [1.54, 1.807) is 0 Å². The fourth-order valence-electron chi connectivity index (χ4n) is 1.90. The summed E-state index contributed by atoms with van der Waals surface area (Å²) in [5, 5.41) is 3.43. The van der Waals surface area contributed by atoms with Crippen LogP contribution >= 0.6 is 0 Å². The van der Waals surface area contributed by atoms with Crippen LogP contribution in [0.3, 0.4) is 0 Å². The Balaban J connectivity index is 2.29. The van der Waals surface area contributed by atoms with Crippen molar-refractivity contribution in [1.29, 1.82) is 0 Å². The van der Waals surface area contributed by atoms with Crippen LogP contribution in [0.4, 0.5) is 5.69 Å². The second-order valence-electron chi connectivity index (χ2n) is 6.97. The molecule has 2 heteroatoms. The van der Waals surface area contributed by atoms with Crippen LogP contribution in [-0.4, -0.2) is 6.23 Å². The largest absolute Gasteiger partial charge is 0.468 e. The van der Waals surface area contributed by atoms with E-state index >= 15 is 0 Å². The molecule has 1 aliphatic rings. The van der Waals surface area contributed by atoms with Crippen LogP contribution in [0.2, 0.25) is 0 Å². The Bertz CT molecular complexity index is 424. The van der Waals surface area contributed by atoms with Crippen molar-refractivity contribution in [3.63, 3.8) is 0 Å². The fraction of sp³-hybridized carbons (Fsp3) is 0.600. The molecule has 1 aliphatic heterocycles. The van der Waals surface area contributed by atoms with Crippen LogP contribution < -0.4 is 10.1 Å². The number of hydrogen-bond acceptors (Lipinski definition) is 2. The van der Waals surface area contributed by atoms with Gasteiger partial charge in [-0.25, -0.2) is 0 Å². The monoisotopic (exact) mass is 233 g/mol. The average molecular weight is 233 g/mol. The molecule has 0 saturated heterocycles. The van der Waals surface area contributed by atoms with Crippen LogP contribution in [0.1, 0.15) is 47.1 Å². The predicted molar refractivity (Wildman–Crippen MR) is 72.6 cm³/mol. The van der Waals surface area contributed by atoms with Gasteiger partial charge in [0.15, 0.2) is 6.23 Å². The van der Waals surface area contributed by atoms with Gasteiger partial charge >= 0.3 is 0 Å². The first-order chi connectivity index (χ1) is 7.68. The quantitative estimate of drug-likeness (QED) is 0.726. The summed E-state index contributed by atoms with van der Waals surface area (Å²) in [6, 6.07) is 6.47. The van der Waals surface area contributed by atoms with Crippen LogP contribution in [0.15, 0.2) is 18.2 Å². The first kappa shape index (κ1) is 12.3. The molecule has 1 aromatic carbocycles. The Hall–Kier alpha value is -1.18. The van der Waals surface area contributed by atoms with E-state index in [-0.39, 0.29) is 17.1 Å². The summed E-state index contributed by atoms with van der Waals surface area (Å²) in [5.41, 5.74) is 2.68. The van der Waals surface area contributed by atoms with Gasteiger partial charge in [-0.15, -0.1) is 0 Å². The van der Waals surface area contributed by atoms with E-state index in [1.807, 2.05) is 0 Å². The van der Waals surface area contributed by atoms with Crippen molar-refractivity contribution in [3.05, 3.63) is 23.8 Å². The predicted octanol–water partition coefficient (Wildman–Crippen LogP) is 4.16. The summed E-state index contributed by atoms with van der Waals surface area (Å²) in [5.74, 6) is 0.984. The van der Waals surface area contributed by atoms with Gasteiger partial charge in [-0.3, -0.25) is 0 Å². The van der Waals surface area contributed by atoms with E-state index in [9.17, 15) is 0 Å². The van der Waals surface area contributed by atoms with Crippen molar-refractivity contribution in [3.8, 4) is 5.75 Å². The highest BCUT2D eigenvalue weighted by atomic mass is 16.5.